The zero-order valence-corrected chi connectivity index (χ0v) is 22.7. The molecular formula is C26H26BrFN6O4. The lowest BCUT2D eigenvalue weighted by atomic mass is 10.1. The van der Waals surface area contributed by atoms with Gasteiger partial charge < -0.3 is 19.6 Å². The molecule has 0 aliphatic heterocycles. The van der Waals surface area contributed by atoms with Crippen molar-refractivity contribution >= 4 is 21.7 Å². The standard InChI is InChI=1S/C26H26BrFN6O4/c1-15-18(14-32(30-15)13-17-4-5-17)8-21-11-25(37-3)31-33(21)23-7-6-20(28)10-22(23)16(2)38-24-9-19(27)12-29-26(24)34(35)36/h6-7,9-12,14,16-17H,4-5,8,13H2,1-3H3/t16-/m1/s1. The van der Waals surface area contributed by atoms with E-state index in [1.165, 1.54) is 44.3 Å². The zero-order chi connectivity index (χ0) is 27.0. The molecule has 5 rings (SSSR count). The number of hydrogen-bond acceptors (Lipinski definition) is 7. The van der Waals surface area contributed by atoms with Gasteiger partial charge in [0.05, 0.1) is 28.7 Å². The Morgan fingerprint density at radius 3 is 2.76 bits per heavy atom. The Balaban J connectivity index is 1.51. The van der Waals surface area contributed by atoms with E-state index in [4.69, 9.17) is 9.47 Å². The van der Waals surface area contributed by atoms with Crippen molar-refractivity contribution in [3.8, 4) is 17.3 Å². The first-order valence-electron chi connectivity index (χ1n) is 12.1. The predicted octanol–water partition coefficient (Wildman–Crippen LogP) is 5.73. The first-order valence-corrected chi connectivity index (χ1v) is 12.9. The molecular weight excluding hydrogens is 559 g/mol. The van der Waals surface area contributed by atoms with Gasteiger partial charge in [0, 0.05) is 36.9 Å². The van der Waals surface area contributed by atoms with Crippen LogP contribution in [-0.2, 0) is 13.0 Å². The van der Waals surface area contributed by atoms with Crippen LogP contribution in [0, 0.1) is 28.8 Å². The van der Waals surface area contributed by atoms with E-state index in [0.29, 0.717) is 33.9 Å². The van der Waals surface area contributed by atoms with Crippen molar-refractivity contribution in [2.75, 3.05) is 7.11 Å². The molecule has 12 heteroatoms. The fourth-order valence-electron chi connectivity index (χ4n) is 4.35. The Bertz CT molecular complexity index is 1500. The monoisotopic (exact) mass is 584 g/mol. The highest BCUT2D eigenvalue weighted by Crippen LogP contribution is 2.35. The molecule has 1 atom stereocenters. The number of nitrogens with zero attached hydrogens (tertiary/aromatic N) is 6. The van der Waals surface area contributed by atoms with Crippen LogP contribution >= 0.6 is 15.9 Å². The predicted molar refractivity (Wildman–Crippen MR) is 140 cm³/mol. The lowest BCUT2D eigenvalue weighted by molar-refractivity contribution is -0.390. The molecule has 0 unspecified atom stereocenters. The zero-order valence-electron chi connectivity index (χ0n) is 21.1. The van der Waals surface area contributed by atoms with E-state index in [2.05, 4.69) is 37.3 Å². The molecule has 0 N–H and O–H groups in total. The van der Waals surface area contributed by atoms with Crippen molar-refractivity contribution in [3.63, 3.8) is 0 Å². The summed E-state index contributed by atoms with van der Waals surface area (Å²) in [7, 11) is 1.53. The summed E-state index contributed by atoms with van der Waals surface area (Å²) in [5.41, 5.74) is 3.81. The molecule has 1 aromatic carbocycles. The van der Waals surface area contributed by atoms with Crippen LogP contribution in [0.3, 0.4) is 0 Å². The number of rotatable bonds is 10. The van der Waals surface area contributed by atoms with Crippen molar-refractivity contribution < 1.29 is 18.8 Å². The molecule has 10 nitrogen and oxygen atoms in total. The summed E-state index contributed by atoms with van der Waals surface area (Å²) in [6, 6.07) is 7.58. The highest BCUT2D eigenvalue weighted by molar-refractivity contribution is 9.10. The third kappa shape index (κ3) is 5.54. The van der Waals surface area contributed by atoms with Crippen molar-refractivity contribution in [3.05, 3.63) is 85.6 Å². The molecule has 4 aromatic rings. The van der Waals surface area contributed by atoms with Crippen LogP contribution in [0.2, 0.25) is 0 Å². The van der Waals surface area contributed by atoms with Gasteiger partial charge in [0.1, 0.15) is 11.9 Å². The summed E-state index contributed by atoms with van der Waals surface area (Å²) in [6.07, 6.45) is 5.62. The molecule has 3 aromatic heterocycles. The number of hydrogen-bond donors (Lipinski definition) is 0. The average Bonchev–Trinajstić information content (AvgIpc) is 3.49. The van der Waals surface area contributed by atoms with Crippen LogP contribution in [0.4, 0.5) is 10.2 Å². The Kier molecular flexibility index (Phi) is 7.15. The van der Waals surface area contributed by atoms with Gasteiger partial charge in [-0.15, -0.1) is 5.10 Å². The maximum Gasteiger partial charge on any atom is 0.406 e. The van der Waals surface area contributed by atoms with Crippen molar-refractivity contribution in [1.29, 1.82) is 0 Å². The van der Waals surface area contributed by atoms with Gasteiger partial charge in [-0.3, -0.25) is 4.68 Å². The van der Waals surface area contributed by atoms with E-state index in [1.54, 1.807) is 17.7 Å². The number of aromatic nitrogens is 5. The number of ether oxygens (including phenoxy) is 2. The molecule has 0 radical (unpaired) electrons. The fraction of sp³-hybridized carbons (Fsp3) is 0.346. The summed E-state index contributed by atoms with van der Waals surface area (Å²) in [5.74, 6) is 0.159. The molecule has 1 saturated carbocycles. The second-order valence-corrected chi connectivity index (χ2v) is 10.3. The van der Waals surface area contributed by atoms with Crippen molar-refractivity contribution in [1.82, 2.24) is 24.5 Å². The Labute approximate surface area is 226 Å². The number of halogens is 2. The minimum absolute atomic E-state index is 0.0379. The topological polar surface area (TPSA) is 110 Å². The van der Waals surface area contributed by atoms with Gasteiger partial charge in [-0.2, -0.15) is 5.10 Å². The molecule has 1 fully saturated rings. The average molecular weight is 585 g/mol. The van der Waals surface area contributed by atoms with E-state index in [9.17, 15) is 14.5 Å². The summed E-state index contributed by atoms with van der Waals surface area (Å²) in [5, 5.41) is 20.8. The summed E-state index contributed by atoms with van der Waals surface area (Å²) >= 11 is 3.27. The van der Waals surface area contributed by atoms with E-state index >= 15 is 0 Å². The van der Waals surface area contributed by atoms with Gasteiger partial charge >= 0.3 is 5.82 Å². The molecule has 38 heavy (non-hydrogen) atoms. The van der Waals surface area contributed by atoms with Crippen molar-refractivity contribution in [2.24, 2.45) is 5.92 Å². The van der Waals surface area contributed by atoms with Crippen LogP contribution < -0.4 is 9.47 Å². The number of nitro groups is 1. The SMILES string of the molecule is COc1cc(Cc2cn(CC3CC3)nc2C)n(-c2ccc(F)cc2[C@@H](C)Oc2cc(Br)cnc2[N+](=O)[O-])n1. The number of methoxy groups -OCH3 is 1. The van der Waals surface area contributed by atoms with Gasteiger partial charge in [0.25, 0.3) is 0 Å². The number of aryl methyl sites for hydroxylation is 1. The molecule has 0 saturated heterocycles. The van der Waals surface area contributed by atoms with Gasteiger partial charge in [-0.1, -0.05) is 0 Å². The lowest BCUT2D eigenvalue weighted by Gasteiger charge is -2.19. The third-order valence-corrected chi connectivity index (χ3v) is 6.90. The maximum atomic E-state index is 14.5. The smallest absolute Gasteiger partial charge is 0.406 e. The minimum atomic E-state index is -0.776. The van der Waals surface area contributed by atoms with E-state index < -0.39 is 22.7 Å². The maximum absolute atomic E-state index is 14.5. The van der Waals surface area contributed by atoms with Crippen LogP contribution in [0.1, 0.15) is 48.4 Å². The highest BCUT2D eigenvalue weighted by Gasteiger charge is 2.25. The van der Waals surface area contributed by atoms with Gasteiger partial charge in [-0.05, 0) is 82.2 Å². The number of pyridine rings is 1. The molecule has 3 heterocycles. The van der Waals surface area contributed by atoms with Crippen LogP contribution in [0.25, 0.3) is 5.69 Å². The lowest BCUT2D eigenvalue weighted by Crippen LogP contribution is -2.12. The molecule has 1 aliphatic carbocycles. The summed E-state index contributed by atoms with van der Waals surface area (Å²) < 4.78 is 30.1. The molecule has 0 bridgehead atoms. The minimum Gasteiger partial charge on any atom is -0.480 e. The van der Waals surface area contributed by atoms with Gasteiger partial charge in [0.15, 0.2) is 6.20 Å². The summed E-state index contributed by atoms with van der Waals surface area (Å²) in [6.45, 7) is 4.58. The largest absolute Gasteiger partial charge is 0.480 e. The van der Waals surface area contributed by atoms with Gasteiger partial charge in [-0.25, -0.2) is 9.07 Å². The summed E-state index contributed by atoms with van der Waals surface area (Å²) in [4.78, 5) is 14.7. The first kappa shape index (κ1) is 25.8. The van der Waals surface area contributed by atoms with E-state index in [1.807, 2.05) is 17.7 Å². The second-order valence-electron chi connectivity index (χ2n) is 9.37. The molecule has 1 aliphatic rings. The third-order valence-electron chi connectivity index (χ3n) is 6.46. The normalized spacial score (nSPS) is 13.9. The van der Waals surface area contributed by atoms with Crippen LogP contribution in [0.5, 0.6) is 11.6 Å². The molecule has 0 spiro atoms. The Morgan fingerprint density at radius 1 is 1.26 bits per heavy atom. The van der Waals surface area contributed by atoms with Crippen molar-refractivity contribution in [2.45, 2.75) is 45.8 Å². The second kappa shape index (κ2) is 10.5. The first-order chi connectivity index (χ1) is 18.2. The van der Waals surface area contributed by atoms with Gasteiger partial charge in [0.2, 0.25) is 11.6 Å². The molecule has 198 valence electrons. The molecule has 0 amide bonds. The number of benzene rings is 1. The fourth-order valence-corrected chi connectivity index (χ4v) is 4.66. The van der Waals surface area contributed by atoms with E-state index in [-0.39, 0.29) is 5.75 Å². The van der Waals surface area contributed by atoms with Crippen LogP contribution in [0.15, 0.2) is 47.2 Å². The van der Waals surface area contributed by atoms with Crippen LogP contribution in [-0.4, -0.2) is 36.6 Å². The van der Waals surface area contributed by atoms with E-state index in [0.717, 1.165) is 23.5 Å². The quantitative estimate of drug-likeness (QED) is 0.173. The Morgan fingerprint density at radius 2 is 2.05 bits per heavy atom. The highest BCUT2D eigenvalue weighted by atomic mass is 79.9. The Hall–Kier alpha value is -3.80.